The maximum Gasteiger partial charge on any atom is 0.339 e. The summed E-state index contributed by atoms with van der Waals surface area (Å²) in [6.07, 6.45) is 2.66. The normalized spacial score (nSPS) is 10.5. The molecule has 0 aromatic carbocycles. The van der Waals surface area contributed by atoms with Crippen molar-refractivity contribution in [1.82, 2.24) is 15.3 Å². The van der Waals surface area contributed by atoms with Crippen LogP contribution in [0.2, 0.25) is 0 Å². The van der Waals surface area contributed by atoms with Gasteiger partial charge < -0.3 is 10.4 Å². The molecule has 1 heterocycles. The predicted octanol–water partition coefficient (Wildman–Crippen LogP) is 0.673. The molecule has 0 spiro atoms. The van der Waals surface area contributed by atoms with E-state index in [2.05, 4.69) is 15.3 Å². The molecule has 2 N–H and O–H groups in total. The second-order valence-electron chi connectivity index (χ2n) is 3.22. The SMILES string of the molecule is CC(C)NCc1ncncc1C(=O)O. The molecule has 1 aromatic rings. The van der Waals surface area contributed by atoms with E-state index in [1.807, 2.05) is 13.8 Å². The Balaban J connectivity index is 2.79. The number of aromatic nitrogens is 2. The molecule has 0 saturated carbocycles. The fourth-order valence-electron chi connectivity index (χ4n) is 0.975. The second kappa shape index (κ2) is 4.66. The number of carboxylic acid groups (broad SMARTS) is 1. The van der Waals surface area contributed by atoms with Gasteiger partial charge in [-0.15, -0.1) is 0 Å². The summed E-state index contributed by atoms with van der Waals surface area (Å²) in [6.45, 7) is 4.42. The largest absolute Gasteiger partial charge is 0.478 e. The molecule has 0 fully saturated rings. The monoisotopic (exact) mass is 195 g/mol. The Labute approximate surface area is 82.2 Å². The van der Waals surface area contributed by atoms with Crippen molar-refractivity contribution < 1.29 is 9.90 Å². The number of nitrogens with one attached hydrogen (secondary N) is 1. The summed E-state index contributed by atoms with van der Waals surface area (Å²) in [5.41, 5.74) is 0.668. The van der Waals surface area contributed by atoms with E-state index in [1.165, 1.54) is 12.5 Å². The van der Waals surface area contributed by atoms with Crippen molar-refractivity contribution in [2.45, 2.75) is 26.4 Å². The van der Waals surface area contributed by atoms with Gasteiger partial charge in [-0.3, -0.25) is 0 Å². The maximum atomic E-state index is 10.8. The molecule has 0 aliphatic heterocycles. The molecule has 0 aliphatic rings. The van der Waals surface area contributed by atoms with E-state index in [-0.39, 0.29) is 5.56 Å². The van der Waals surface area contributed by atoms with Gasteiger partial charge in [-0.1, -0.05) is 13.8 Å². The summed E-state index contributed by atoms with van der Waals surface area (Å²) in [5, 5.41) is 11.9. The molecule has 0 unspecified atom stereocenters. The van der Waals surface area contributed by atoms with Gasteiger partial charge in [-0.2, -0.15) is 0 Å². The van der Waals surface area contributed by atoms with Crippen molar-refractivity contribution in [2.75, 3.05) is 0 Å². The third kappa shape index (κ3) is 2.77. The van der Waals surface area contributed by atoms with Crippen LogP contribution in [0.1, 0.15) is 29.9 Å². The number of aromatic carboxylic acids is 1. The molecule has 0 radical (unpaired) electrons. The molecule has 1 rings (SSSR count). The zero-order valence-electron chi connectivity index (χ0n) is 8.19. The van der Waals surface area contributed by atoms with E-state index < -0.39 is 5.97 Å². The van der Waals surface area contributed by atoms with Crippen LogP contribution in [-0.2, 0) is 6.54 Å². The Morgan fingerprint density at radius 1 is 1.64 bits per heavy atom. The molecular formula is C9H13N3O2. The van der Waals surface area contributed by atoms with E-state index in [9.17, 15) is 4.79 Å². The van der Waals surface area contributed by atoms with E-state index in [0.29, 0.717) is 18.3 Å². The Hall–Kier alpha value is -1.49. The van der Waals surface area contributed by atoms with Gasteiger partial charge in [-0.25, -0.2) is 14.8 Å². The lowest BCUT2D eigenvalue weighted by atomic mass is 10.2. The van der Waals surface area contributed by atoms with Gasteiger partial charge >= 0.3 is 5.97 Å². The predicted molar refractivity (Wildman–Crippen MR) is 51.0 cm³/mol. The maximum absolute atomic E-state index is 10.8. The van der Waals surface area contributed by atoms with Crippen LogP contribution in [0.5, 0.6) is 0 Å². The molecule has 0 saturated heterocycles. The smallest absolute Gasteiger partial charge is 0.339 e. The van der Waals surface area contributed by atoms with E-state index in [1.54, 1.807) is 0 Å². The molecule has 0 atom stereocenters. The Bertz CT molecular complexity index is 326. The van der Waals surface area contributed by atoms with Gasteiger partial charge in [0, 0.05) is 18.8 Å². The Morgan fingerprint density at radius 3 is 2.93 bits per heavy atom. The standard InChI is InChI=1S/C9H13N3O2/c1-6(2)11-4-8-7(9(13)14)3-10-5-12-8/h3,5-6,11H,4H2,1-2H3,(H,13,14). The Morgan fingerprint density at radius 2 is 2.36 bits per heavy atom. The first-order valence-corrected chi connectivity index (χ1v) is 4.37. The van der Waals surface area contributed by atoms with E-state index in [4.69, 9.17) is 5.11 Å². The lowest BCUT2D eigenvalue weighted by Gasteiger charge is -2.08. The van der Waals surface area contributed by atoms with Crippen LogP contribution in [0.15, 0.2) is 12.5 Å². The average Bonchev–Trinajstić information content (AvgIpc) is 2.15. The fraction of sp³-hybridized carbons (Fsp3) is 0.444. The first kappa shape index (κ1) is 10.6. The van der Waals surface area contributed by atoms with Crippen molar-refractivity contribution in [3.8, 4) is 0 Å². The number of hydrogen-bond donors (Lipinski definition) is 2. The summed E-state index contributed by atoms with van der Waals surface area (Å²) in [6, 6.07) is 0.298. The quantitative estimate of drug-likeness (QED) is 0.738. The van der Waals surface area contributed by atoms with Gasteiger partial charge in [0.05, 0.1) is 5.69 Å². The third-order valence-electron chi connectivity index (χ3n) is 1.70. The van der Waals surface area contributed by atoms with Crippen LogP contribution in [0.25, 0.3) is 0 Å². The number of nitrogens with zero attached hydrogens (tertiary/aromatic N) is 2. The number of carbonyl (C=O) groups is 1. The molecule has 0 bridgehead atoms. The van der Waals surface area contributed by atoms with Crippen molar-refractivity contribution >= 4 is 5.97 Å². The Kier molecular flexibility index (Phi) is 3.53. The van der Waals surface area contributed by atoms with Crippen LogP contribution < -0.4 is 5.32 Å². The third-order valence-corrected chi connectivity index (χ3v) is 1.70. The molecule has 5 nitrogen and oxygen atoms in total. The summed E-state index contributed by atoms with van der Waals surface area (Å²) < 4.78 is 0. The second-order valence-corrected chi connectivity index (χ2v) is 3.22. The molecular weight excluding hydrogens is 182 g/mol. The minimum Gasteiger partial charge on any atom is -0.478 e. The molecule has 0 aliphatic carbocycles. The van der Waals surface area contributed by atoms with Crippen molar-refractivity contribution in [2.24, 2.45) is 0 Å². The molecule has 14 heavy (non-hydrogen) atoms. The lowest BCUT2D eigenvalue weighted by Crippen LogP contribution is -2.24. The highest BCUT2D eigenvalue weighted by Crippen LogP contribution is 2.03. The topological polar surface area (TPSA) is 75.1 Å². The van der Waals surface area contributed by atoms with Crippen LogP contribution in [-0.4, -0.2) is 27.1 Å². The highest BCUT2D eigenvalue weighted by Gasteiger charge is 2.10. The summed E-state index contributed by atoms with van der Waals surface area (Å²) >= 11 is 0. The summed E-state index contributed by atoms with van der Waals surface area (Å²) in [5.74, 6) is -0.994. The van der Waals surface area contributed by atoms with Gasteiger partial charge in [0.15, 0.2) is 0 Å². The fourth-order valence-corrected chi connectivity index (χ4v) is 0.975. The van der Waals surface area contributed by atoms with Crippen molar-refractivity contribution in [1.29, 1.82) is 0 Å². The van der Waals surface area contributed by atoms with E-state index >= 15 is 0 Å². The number of hydrogen-bond acceptors (Lipinski definition) is 4. The minimum atomic E-state index is -0.994. The van der Waals surface area contributed by atoms with Crippen molar-refractivity contribution in [3.63, 3.8) is 0 Å². The first-order valence-electron chi connectivity index (χ1n) is 4.37. The van der Waals surface area contributed by atoms with Gasteiger partial charge in [0.25, 0.3) is 0 Å². The van der Waals surface area contributed by atoms with Crippen LogP contribution >= 0.6 is 0 Å². The average molecular weight is 195 g/mol. The van der Waals surface area contributed by atoms with Crippen LogP contribution in [0.4, 0.5) is 0 Å². The zero-order chi connectivity index (χ0) is 10.6. The van der Waals surface area contributed by atoms with Crippen LogP contribution in [0.3, 0.4) is 0 Å². The highest BCUT2D eigenvalue weighted by molar-refractivity contribution is 5.88. The molecule has 76 valence electrons. The molecule has 1 aromatic heterocycles. The van der Waals surface area contributed by atoms with Gasteiger partial charge in [0.2, 0.25) is 0 Å². The summed E-state index contributed by atoms with van der Waals surface area (Å²) in [7, 11) is 0. The number of carboxylic acids is 1. The van der Waals surface area contributed by atoms with Gasteiger partial charge in [-0.05, 0) is 0 Å². The van der Waals surface area contributed by atoms with E-state index in [0.717, 1.165) is 0 Å². The van der Waals surface area contributed by atoms with Crippen LogP contribution in [0, 0.1) is 0 Å². The first-order chi connectivity index (χ1) is 6.61. The number of rotatable bonds is 4. The minimum absolute atomic E-state index is 0.153. The molecule has 5 heteroatoms. The highest BCUT2D eigenvalue weighted by atomic mass is 16.4. The zero-order valence-corrected chi connectivity index (χ0v) is 8.19. The van der Waals surface area contributed by atoms with Crippen molar-refractivity contribution in [3.05, 3.63) is 23.8 Å². The summed E-state index contributed by atoms with van der Waals surface area (Å²) in [4.78, 5) is 18.4. The lowest BCUT2D eigenvalue weighted by molar-refractivity contribution is 0.0694. The van der Waals surface area contributed by atoms with Gasteiger partial charge in [0.1, 0.15) is 11.9 Å². The molecule has 0 amide bonds.